The molecule has 26 heavy (non-hydrogen) atoms. The van der Waals surface area contributed by atoms with Crippen LogP contribution in [0, 0.1) is 0 Å². The van der Waals surface area contributed by atoms with E-state index in [0.29, 0.717) is 24.6 Å². The maximum absolute atomic E-state index is 12.9. The number of nitrogens with zero attached hydrogens (tertiary/aromatic N) is 2. The second kappa shape index (κ2) is 8.40. The SMILES string of the molecule is COc1ccc(OC)c(CC(=O)N2CCCC(N3CCNCC3=O)C2)c1. The number of rotatable bonds is 5. The zero-order valence-electron chi connectivity index (χ0n) is 15.5. The number of benzene rings is 1. The molecule has 7 nitrogen and oxygen atoms in total. The van der Waals surface area contributed by atoms with Crippen molar-refractivity contribution in [1.82, 2.24) is 15.1 Å². The summed E-state index contributed by atoms with van der Waals surface area (Å²) in [5.41, 5.74) is 0.817. The minimum absolute atomic E-state index is 0.0591. The van der Waals surface area contributed by atoms with Gasteiger partial charge in [-0.2, -0.15) is 0 Å². The molecule has 0 bridgehead atoms. The van der Waals surface area contributed by atoms with Gasteiger partial charge in [-0.15, -0.1) is 0 Å². The highest BCUT2D eigenvalue weighted by atomic mass is 16.5. The van der Waals surface area contributed by atoms with E-state index in [2.05, 4.69) is 5.32 Å². The van der Waals surface area contributed by atoms with E-state index in [1.807, 2.05) is 28.0 Å². The first kappa shape index (κ1) is 18.5. The highest BCUT2D eigenvalue weighted by molar-refractivity contribution is 5.81. The van der Waals surface area contributed by atoms with E-state index in [0.717, 1.165) is 38.0 Å². The molecule has 2 heterocycles. The largest absolute Gasteiger partial charge is 0.497 e. The average Bonchev–Trinajstić information content (AvgIpc) is 2.68. The molecule has 0 aliphatic carbocycles. The van der Waals surface area contributed by atoms with Crippen molar-refractivity contribution in [1.29, 1.82) is 0 Å². The lowest BCUT2D eigenvalue weighted by molar-refractivity contribution is -0.140. The highest BCUT2D eigenvalue weighted by Crippen LogP contribution is 2.26. The average molecular weight is 361 g/mol. The Bertz CT molecular complexity index is 664. The van der Waals surface area contributed by atoms with E-state index in [-0.39, 0.29) is 24.3 Å². The number of nitrogens with one attached hydrogen (secondary N) is 1. The summed E-state index contributed by atoms with van der Waals surface area (Å²) < 4.78 is 10.6. The molecule has 3 rings (SSSR count). The molecule has 142 valence electrons. The predicted octanol–water partition coefficient (Wildman–Crippen LogP) is 0.669. The summed E-state index contributed by atoms with van der Waals surface area (Å²) in [7, 11) is 3.20. The highest BCUT2D eigenvalue weighted by Gasteiger charge is 2.31. The molecule has 2 aliphatic rings. The summed E-state index contributed by atoms with van der Waals surface area (Å²) >= 11 is 0. The minimum atomic E-state index is 0.0591. The van der Waals surface area contributed by atoms with Gasteiger partial charge in [-0.3, -0.25) is 9.59 Å². The Labute approximate surface area is 154 Å². The topological polar surface area (TPSA) is 71.1 Å². The molecule has 0 saturated carbocycles. The van der Waals surface area contributed by atoms with Crippen LogP contribution in [0.15, 0.2) is 18.2 Å². The zero-order valence-corrected chi connectivity index (χ0v) is 15.5. The molecule has 0 radical (unpaired) electrons. The summed E-state index contributed by atoms with van der Waals surface area (Å²) in [6.07, 6.45) is 2.14. The van der Waals surface area contributed by atoms with Gasteiger partial charge in [-0.05, 0) is 31.0 Å². The van der Waals surface area contributed by atoms with Crippen LogP contribution >= 0.6 is 0 Å². The molecule has 7 heteroatoms. The van der Waals surface area contributed by atoms with Crippen LogP contribution in [0.1, 0.15) is 18.4 Å². The number of amides is 2. The lowest BCUT2D eigenvalue weighted by Crippen LogP contribution is -2.57. The number of piperazine rings is 1. The molecule has 2 amide bonds. The van der Waals surface area contributed by atoms with E-state index in [9.17, 15) is 9.59 Å². The van der Waals surface area contributed by atoms with Gasteiger partial charge in [-0.25, -0.2) is 0 Å². The first-order valence-electron chi connectivity index (χ1n) is 9.11. The van der Waals surface area contributed by atoms with Crippen LogP contribution in [0.4, 0.5) is 0 Å². The lowest BCUT2D eigenvalue weighted by Gasteiger charge is -2.41. The molecular formula is C19H27N3O4. The number of carbonyl (C=O) groups excluding carboxylic acids is 2. The Balaban J connectivity index is 1.67. The molecule has 2 aliphatic heterocycles. The fourth-order valence-corrected chi connectivity index (χ4v) is 3.74. The molecule has 2 fully saturated rings. The standard InChI is InChI=1S/C19H27N3O4/c1-25-16-5-6-17(26-2)14(10-16)11-18(23)21-8-3-4-15(13-21)22-9-7-20-12-19(22)24/h5-6,10,15,20H,3-4,7-9,11-13H2,1-2H3. The van der Waals surface area contributed by atoms with Crippen molar-refractivity contribution in [2.24, 2.45) is 0 Å². The molecule has 1 aromatic carbocycles. The third kappa shape index (κ3) is 4.09. The number of piperidine rings is 1. The van der Waals surface area contributed by atoms with Crippen molar-refractivity contribution in [3.8, 4) is 11.5 Å². The summed E-state index contributed by atoms with van der Waals surface area (Å²) in [6, 6.07) is 5.60. The maximum Gasteiger partial charge on any atom is 0.236 e. The van der Waals surface area contributed by atoms with E-state index in [4.69, 9.17) is 9.47 Å². The minimum Gasteiger partial charge on any atom is -0.497 e. The molecule has 1 unspecified atom stereocenters. The van der Waals surface area contributed by atoms with Crippen molar-refractivity contribution < 1.29 is 19.1 Å². The van der Waals surface area contributed by atoms with Crippen LogP contribution in [0.25, 0.3) is 0 Å². The first-order chi connectivity index (χ1) is 12.6. The van der Waals surface area contributed by atoms with Crippen molar-refractivity contribution >= 4 is 11.8 Å². The second-order valence-electron chi connectivity index (χ2n) is 6.75. The third-order valence-corrected chi connectivity index (χ3v) is 5.15. The molecule has 2 saturated heterocycles. The molecule has 0 aromatic heterocycles. The Morgan fingerprint density at radius 3 is 2.85 bits per heavy atom. The zero-order chi connectivity index (χ0) is 18.5. The van der Waals surface area contributed by atoms with Gasteiger partial charge in [0.25, 0.3) is 0 Å². The monoisotopic (exact) mass is 361 g/mol. The first-order valence-corrected chi connectivity index (χ1v) is 9.11. The van der Waals surface area contributed by atoms with Crippen molar-refractivity contribution in [3.05, 3.63) is 23.8 Å². The number of hydrogen-bond donors (Lipinski definition) is 1. The van der Waals surface area contributed by atoms with Crippen LogP contribution in [0.5, 0.6) is 11.5 Å². The Morgan fingerprint density at radius 2 is 2.12 bits per heavy atom. The second-order valence-corrected chi connectivity index (χ2v) is 6.75. The van der Waals surface area contributed by atoms with Gasteiger partial charge in [-0.1, -0.05) is 0 Å². The number of methoxy groups -OCH3 is 2. The van der Waals surface area contributed by atoms with Crippen molar-refractivity contribution in [2.75, 3.05) is 46.9 Å². The van der Waals surface area contributed by atoms with E-state index >= 15 is 0 Å². The fourth-order valence-electron chi connectivity index (χ4n) is 3.74. The quantitative estimate of drug-likeness (QED) is 0.835. The van der Waals surface area contributed by atoms with Crippen LogP contribution in [-0.4, -0.2) is 74.6 Å². The van der Waals surface area contributed by atoms with Gasteiger partial charge in [0.15, 0.2) is 0 Å². The normalized spacial score (nSPS) is 20.8. The van der Waals surface area contributed by atoms with Gasteiger partial charge in [0.1, 0.15) is 11.5 Å². The predicted molar refractivity (Wildman–Crippen MR) is 97.4 cm³/mol. The van der Waals surface area contributed by atoms with E-state index in [1.165, 1.54) is 0 Å². The smallest absolute Gasteiger partial charge is 0.236 e. The Kier molecular flexibility index (Phi) is 5.98. The molecular weight excluding hydrogens is 334 g/mol. The van der Waals surface area contributed by atoms with Gasteiger partial charge in [0.05, 0.1) is 27.2 Å². The van der Waals surface area contributed by atoms with Gasteiger partial charge in [0.2, 0.25) is 11.8 Å². The Morgan fingerprint density at radius 1 is 1.27 bits per heavy atom. The molecule has 0 spiro atoms. The summed E-state index contributed by atoms with van der Waals surface area (Å²) in [4.78, 5) is 28.8. The number of ether oxygens (including phenoxy) is 2. The lowest BCUT2D eigenvalue weighted by atomic mass is 10.0. The summed E-state index contributed by atoms with van der Waals surface area (Å²) in [5, 5.41) is 3.10. The van der Waals surface area contributed by atoms with Gasteiger partial charge >= 0.3 is 0 Å². The van der Waals surface area contributed by atoms with Gasteiger partial charge in [0, 0.05) is 37.8 Å². The summed E-state index contributed by atoms with van der Waals surface area (Å²) in [5.74, 6) is 1.58. The van der Waals surface area contributed by atoms with E-state index in [1.54, 1.807) is 14.2 Å². The van der Waals surface area contributed by atoms with Crippen molar-refractivity contribution in [3.63, 3.8) is 0 Å². The molecule has 1 N–H and O–H groups in total. The fraction of sp³-hybridized carbons (Fsp3) is 0.579. The Hall–Kier alpha value is -2.28. The van der Waals surface area contributed by atoms with E-state index < -0.39 is 0 Å². The third-order valence-electron chi connectivity index (χ3n) is 5.15. The molecule has 1 aromatic rings. The number of hydrogen-bond acceptors (Lipinski definition) is 5. The van der Waals surface area contributed by atoms with Gasteiger partial charge < -0.3 is 24.6 Å². The summed E-state index contributed by atoms with van der Waals surface area (Å²) in [6.45, 7) is 3.27. The maximum atomic E-state index is 12.9. The van der Waals surface area contributed by atoms with Crippen LogP contribution < -0.4 is 14.8 Å². The van der Waals surface area contributed by atoms with Crippen LogP contribution in [0.2, 0.25) is 0 Å². The molecule has 1 atom stereocenters. The van der Waals surface area contributed by atoms with Crippen LogP contribution in [-0.2, 0) is 16.0 Å². The van der Waals surface area contributed by atoms with Crippen LogP contribution in [0.3, 0.4) is 0 Å². The number of likely N-dealkylation sites (tertiary alicyclic amines) is 1. The van der Waals surface area contributed by atoms with Crippen molar-refractivity contribution in [2.45, 2.75) is 25.3 Å². The number of carbonyl (C=O) groups is 2.